The fraction of sp³-hybridized carbons (Fsp3) is 0.357. The molecule has 0 bridgehead atoms. The van der Waals surface area contributed by atoms with Crippen LogP contribution in [0, 0.1) is 0 Å². The van der Waals surface area contributed by atoms with E-state index < -0.39 is 0 Å². The summed E-state index contributed by atoms with van der Waals surface area (Å²) in [5.41, 5.74) is 0.488. The molecule has 0 aliphatic rings. The molecule has 0 spiro atoms. The molecule has 0 aliphatic heterocycles. The van der Waals surface area contributed by atoms with E-state index >= 15 is 0 Å². The molecular formula is C14H18N4O3. The fourth-order valence-electron chi connectivity index (χ4n) is 1.86. The zero-order valence-electron chi connectivity index (χ0n) is 12.2. The fourth-order valence-corrected chi connectivity index (χ4v) is 1.86. The van der Waals surface area contributed by atoms with Crippen molar-refractivity contribution in [2.75, 3.05) is 13.7 Å². The molecule has 0 aliphatic carbocycles. The van der Waals surface area contributed by atoms with Crippen molar-refractivity contribution < 1.29 is 14.3 Å². The normalized spacial score (nSPS) is 11.8. The van der Waals surface area contributed by atoms with Crippen molar-refractivity contribution in [3.05, 3.63) is 35.9 Å². The third-order valence-electron chi connectivity index (χ3n) is 2.92. The highest BCUT2D eigenvalue weighted by Gasteiger charge is 2.15. The molecule has 2 N–H and O–H groups in total. The number of nitrogens with one attached hydrogen (secondary N) is 2. The average molecular weight is 290 g/mol. The van der Waals surface area contributed by atoms with E-state index in [9.17, 15) is 4.79 Å². The molecule has 1 aromatic carbocycles. The van der Waals surface area contributed by atoms with Crippen LogP contribution in [0.15, 0.2) is 24.5 Å². The summed E-state index contributed by atoms with van der Waals surface area (Å²) >= 11 is 0. The number of carbonyl (C=O) groups is 1. The zero-order valence-corrected chi connectivity index (χ0v) is 12.2. The van der Waals surface area contributed by atoms with Crippen LogP contribution < -0.4 is 14.8 Å². The van der Waals surface area contributed by atoms with Gasteiger partial charge in [-0.2, -0.15) is 5.10 Å². The highest BCUT2D eigenvalue weighted by Crippen LogP contribution is 2.28. The molecule has 7 nitrogen and oxygen atoms in total. The van der Waals surface area contributed by atoms with E-state index in [1.54, 1.807) is 18.2 Å². The average Bonchev–Trinajstić information content (AvgIpc) is 3.02. The monoisotopic (exact) mass is 290 g/mol. The lowest BCUT2D eigenvalue weighted by atomic mass is 10.1. The van der Waals surface area contributed by atoms with E-state index in [2.05, 4.69) is 20.5 Å². The summed E-state index contributed by atoms with van der Waals surface area (Å²) in [6.45, 7) is 4.24. The number of hydrogen-bond acceptors (Lipinski definition) is 5. The predicted octanol–water partition coefficient (Wildman–Crippen LogP) is 1.70. The van der Waals surface area contributed by atoms with Crippen LogP contribution in [0.1, 0.15) is 36.1 Å². The Labute approximate surface area is 122 Å². The van der Waals surface area contributed by atoms with E-state index in [-0.39, 0.29) is 11.9 Å². The van der Waals surface area contributed by atoms with Crippen LogP contribution in [0.25, 0.3) is 0 Å². The lowest BCUT2D eigenvalue weighted by Gasteiger charge is -2.13. The summed E-state index contributed by atoms with van der Waals surface area (Å²) in [6, 6.07) is 4.79. The lowest BCUT2D eigenvalue weighted by molar-refractivity contribution is 0.0938. The Hall–Kier alpha value is -2.57. The van der Waals surface area contributed by atoms with E-state index in [0.29, 0.717) is 29.5 Å². The summed E-state index contributed by atoms with van der Waals surface area (Å²) in [7, 11) is 1.54. The Balaban J connectivity index is 2.12. The van der Waals surface area contributed by atoms with Crippen molar-refractivity contribution in [2.45, 2.75) is 19.9 Å². The number of H-pyrrole nitrogens is 1. The van der Waals surface area contributed by atoms with E-state index in [1.165, 1.54) is 13.4 Å². The number of carbonyl (C=O) groups excluding carboxylic acids is 1. The zero-order chi connectivity index (χ0) is 15.2. The second-order valence-electron chi connectivity index (χ2n) is 4.36. The van der Waals surface area contributed by atoms with Crippen molar-refractivity contribution in [2.24, 2.45) is 0 Å². The standard InChI is InChI=1S/C14H18N4O3/c1-4-21-11-6-5-10(7-12(11)20-3)14(19)17-9(2)13-15-8-16-18-13/h5-9H,4H2,1-3H3,(H,17,19)(H,15,16,18). The van der Waals surface area contributed by atoms with Gasteiger partial charge < -0.3 is 14.8 Å². The molecule has 1 aromatic heterocycles. The first-order valence-corrected chi connectivity index (χ1v) is 6.62. The Kier molecular flexibility index (Phi) is 4.76. The Bertz CT molecular complexity index is 598. The van der Waals surface area contributed by atoms with Gasteiger partial charge in [-0.25, -0.2) is 4.98 Å². The van der Waals surface area contributed by atoms with Crippen LogP contribution in [0.5, 0.6) is 11.5 Å². The number of ether oxygens (including phenoxy) is 2. The molecule has 0 radical (unpaired) electrons. The van der Waals surface area contributed by atoms with Gasteiger partial charge in [-0.05, 0) is 32.0 Å². The number of aromatic nitrogens is 3. The molecule has 0 fully saturated rings. The first-order valence-electron chi connectivity index (χ1n) is 6.62. The summed E-state index contributed by atoms with van der Waals surface area (Å²) in [5, 5.41) is 9.31. The highest BCUT2D eigenvalue weighted by molar-refractivity contribution is 5.95. The molecule has 1 atom stereocenters. The van der Waals surface area contributed by atoms with Gasteiger partial charge in [-0.3, -0.25) is 9.89 Å². The van der Waals surface area contributed by atoms with Crippen molar-refractivity contribution >= 4 is 5.91 Å². The minimum atomic E-state index is -0.266. The van der Waals surface area contributed by atoms with Crippen LogP contribution in [-0.2, 0) is 0 Å². The smallest absolute Gasteiger partial charge is 0.252 e. The van der Waals surface area contributed by atoms with Gasteiger partial charge in [0.2, 0.25) is 0 Å². The second kappa shape index (κ2) is 6.74. The molecule has 1 heterocycles. The van der Waals surface area contributed by atoms with Crippen LogP contribution in [0.2, 0.25) is 0 Å². The van der Waals surface area contributed by atoms with Gasteiger partial charge >= 0.3 is 0 Å². The topological polar surface area (TPSA) is 89.1 Å². The van der Waals surface area contributed by atoms with Gasteiger partial charge in [-0.15, -0.1) is 0 Å². The number of nitrogens with zero attached hydrogens (tertiary/aromatic N) is 2. The maximum atomic E-state index is 12.2. The Morgan fingerprint density at radius 2 is 2.24 bits per heavy atom. The third-order valence-corrected chi connectivity index (χ3v) is 2.92. The van der Waals surface area contributed by atoms with Crippen molar-refractivity contribution in [3.63, 3.8) is 0 Å². The molecular weight excluding hydrogens is 272 g/mol. The van der Waals surface area contributed by atoms with Crippen molar-refractivity contribution in [1.82, 2.24) is 20.5 Å². The maximum absolute atomic E-state index is 12.2. The van der Waals surface area contributed by atoms with E-state index in [4.69, 9.17) is 9.47 Å². The molecule has 1 amide bonds. The minimum absolute atomic E-state index is 0.222. The molecule has 112 valence electrons. The number of hydrogen-bond donors (Lipinski definition) is 2. The highest BCUT2D eigenvalue weighted by atomic mass is 16.5. The van der Waals surface area contributed by atoms with Crippen LogP contribution in [0.4, 0.5) is 0 Å². The minimum Gasteiger partial charge on any atom is -0.493 e. The molecule has 2 rings (SSSR count). The first kappa shape index (κ1) is 14.8. The van der Waals surface area contributed by atoms with Gasteiger partial charge in [0.15, 0.2) is 11.5 Å². The van der Waals surface area contributed by atoms with Gasteiger partial charge in [0.25, 0.3) is 5.91 Å². The number of rotatable bonds is 6. The maximum Gasteiger partial charge on any atom is 0.252 e. The summed E-state index contributed by atoms with van der Waals surface area (Å²) < 4.78 is 10.7. The Morgan fingerprint density at radius 3 is 2.86 bits per heavy atom. The number of aromatic amines is 1. The van der Waals surface area contributed by atoms with Gasteiger partial charge in [0, 0.05) is 5.56 Å². The van der Waals surface area contributed by atoms with Gasteiger partial charge in [0.05, 0.1) is 19.8 Å². The quantitative estimate of drug-likeness (QED) is 0.845. The van der Waals surface area contributed by atoms with Crippen LogP contribution in [-0.4, -0.2) is 34.8 Å². The molecule has 1 unspecified atom stereocenters. The van der Waals surface area contributed by atoms with Crippen molar-refractivity contribution in [1.29, 1.82) is 0 Å². The van der Waals surface area contributed by atoms with Crippen molar-refractivity contribution in [3.8, 4) is 11.5 Å². The summed E-state index contributed by atoms with van der Waals surface area (Å²) in [5.74, 6) is 1.51. The molecule has 0 saturated carbocycles. The number of methoxy groups -OCH3 is 1. The predicted molar refractivity (Wildman–Crippen MR) is 76.4 cm³/mol. The first-order chi connectivity index (χ1) is 10.2. The van der Waals surface area contributed by atoms with E-state index in [0.717, 1.165) is 0 Å². The molecule has 0 saturated heterocycles. The summed E-state index contributed by atoms with van der Waals surface area (Å²) in [4.78, 5) is 16.2. The Morgan fingerprint density at radius 1 is 1.43 bits per heavy atom. The second-order valence-corrected chi connectivity index (χ2v) is 4.36. The van der Waals surface area contributed by atoms with Crippen LogP contribution in [0.3, 0.4) is 0 Å². The number of amides is 1. The molecule has 2 aromatic rings. The van der Waals surface area contributed by atoms with Gasteiger partial charge in [0.1, 0.15) is 12.2 Å². The van der Waals surface area contributed by atoms with Crippen LogP contribution >= 0.6 is 0 Å². The molecule has 21 heavy (non-hydrogen) atoms. The lowest BCUT2D eigenvalue weighted by Crippen LogP contribution is -2.27. The van der Waals surface area contributed by atoms with E-state index in [1.807, 2.05) is 13.8 Å². The largest absolute Gasteiger partial charge is 0.493 e. The third kappa shape index (κ3) is 3.50. The SMILES string of the molecule is CCOc1ccc(C(=O)NC(C)c2ncn[nH]2)cc1OC. The summed E-state index contributed by atoms with van der Waals surface area (Å²) in [6.07, 6.45) is 1.40. The molecule has 7 heteroatoms. The van der Waals surface area contributed by atoms with Gasteiger partial charge in [-0.1, -0.05) is 0 Å². The number of benzene rings is 1.